The number of hydrogen-bond acceptors (Lipinski definition) is 5. The second-order valence-corrected chi connectivity index (χ2v) is 7.72. The maximum absolute atomic E-state index is 13.5. The van der Waals surface area contributed by atoms with Crippen LogP contribution in [0.25, 0.3) is 0 Å². The zero-order valence-electron chi connectivity index (χ0n) is 11.0. The molecule has 5 nitrogen and oxygen atoms in total. The van der Waals surface area contributed by atoms with Crippen molar-refractivity contribution in [3.63, 3.8) is 0 Å². The second kappa shape index (κ2) is 6.14. The Morgan fingerprint density at radius 2 is 2.24 bits per heavy atom. The Kier molecular flexibility index (Phi) is 4.67. The highest BCUT2D eigenvalue weighted by Crippen LogP contribution is 2.16. The number of sulfonamides is 1. The lowest BCUT2D eigenvalue weighted by molar-refractivity contribution is 0.580. The fraction of sp³-hybridized carbons (Fsp3) is 0.167. The lowest BCUT2D eigenvalue weighted by Gasteiger charge is -2.07. The Morgan fingerprint density at radius 3 is 2.81 bits per heavy atom. The van der Waals surface area contributed by atoms with E-state index in [0.29, 0.717) is 5.01 Å². The predicted octanol–water partition coefficient (Wildman–Crippen LogP) is 1.70. The van der Waals surface area contributed by atoms with Gasteiger partial charge in [-0.25, -0.2) is 22.5 Å². The molecule has 3 N–H and O–H groups in total. The van der Waals surface area contributed by atoms with Gasteiger partial charge in [0, 0.05) is 16.6 Å². The molecule has 21 heavy (non-hydrogen) atoms. The maximum atomic E-state index is 13.5. The topological polar surface area (TPSA) is 85.1 Å². The Hall–Kier alpha value is -1.42. The minimum atomic E-state index is -3.79. The average molecular weight is 345 g/mol. The van der Waals surface area contributed by atoms with Crippen LogP contribution in [-0.4, -0.2) is 18.4 Å². The van der Waals surface area contributed by atoms with E-state index in [4.69, 9.17) is 18.0 Å². The van der Waals surface area contributed by atoms with Gasteiger partial charge < -0.3 is 5.73 Å². The van der Waals surface area contributed by atoms with Crippen LogP contribution < -0.4 is 10.5 Å². The number of halogens is 1. The van der Waals surface area contributed by atoms with Crippen LogP contribution in [0.2, 0.25) is 0 Å². The molecular weight excluding hydrogens is 333 g/mol. The van der Waals surface area contributed by atoms with E-state index in [9.17, 15) is 12.8 Å². The first-order valence-electron chi connectivity index (χ1n) is 5.80. The number of rotatable bonds is 5. The molecule has 112 valence electrons. The molecular formula is C12H12FN3O2S3. The summed E-state index contributed by atoms with van der Waals surface area (Å²) in [6.45, 7) is 1.95. The number of thiocarbonyl (C=S) groups is 1. The molecule has 2 aromatic rings. The van der Waals surface area contributed by atoms with Gasteiger partial charge in [-0.05, 0) is 25.1 Å². The molecule has 0 fully saturated rings. The lowest BCUT2D eigenvalue weighted by atomic mass is 10.2. The minimum absolute atomic E-state index is 0.0701. The van der Waals surface area contributed by atoms with E-state index in [0.717, 1.165) is 23.1 Å². The van der Waals surface area contributed by atoms with Gasteiger partial charge in [0.25, 0.3) is 0 Å². The van der Waals surface area contributed by atoms with Gasteiger partial charge in [-0.1, -0.05) is 12.2 Å². The fourth-order valence-corrected chi connectivity index (χ4v) is 3.57. The fourth-order valence-electron chi connectivity index (χ4n) is 1.58. The number of thiazole rings is 1. The van der Waals surface area contributed by atoms with E-state index >= 15 is 0 Å². The van der Waals surface area contributed by atoms with Gasteiger partial charge in [0.05, 0.1) is 11.4 Å². The first-order chi connectivity index (χ1) is 9.79. The molecule has 0 aliphatic carbocycles. The number of nitrogens with two attached hydrogens (primary N) is 1. The Balaban J connectivity index is 2.23. The van der Waals surface area contributed by atoms with Crippen molar-refractivity contribution in [2.75, 3.05) is 0 Å². The van der Waals surface area contributed by atoms with Crippen molar-refractivity contribution in [2.24, 2.45) is 5.73 Å². The van der Waals surface area contributed by atoms with Crippen molar-refractivity contribution in [2.45, 2.75) is 18.4 Å². The Bertz CT molecular complexity index is 787. The number of aryl methyl sites for hydroxylation is 1. The number of benzene rings is 1. The maximum Gasteiger partial charge on any atom is 0.240 e. The van der Waals surface area contributed by atoms with Crippen molar-refractivity contribution >= 4 is 38.6 Å². The third-order valence-corrected chi connectivity index (χ3v) is 5.13. The summed E-state index contributed by atoms with van der Waals surface area (Å²) in [6.07, 6.45) is 1.66. The van der Waals surface area contributed by atoms with Gasteiger partial charge in [-0.15, -0.1) is 11.3 Å². The summed E-state index contributed by atoms with van der Waals surface area (Å²) in [5.74, 6) is -0.656. The first-order valence-corrected chi connectivity index (χ1v) is 8.51. The van der Waals surface area contributed by atoms with Gasteiger partial charge >= 0.3 is 0 Å². The highest BCUT2D eigenvalue weighted by Gasteiger charge is 2.17. The quantitative estimate of drug-likeness (QED) is 0.806. The van der Waals surface area contributed by atoms with E-state index in [-0.39, 0.29) is 22.0 Å². The third kappa shape index (κ3) is 3.82. The van der Waals surface area contributed by atoms with Crippen LogP contribution in [0.4, 0.5) is 4.39 Å². The number of nitrogens with zero attached hydrogens (tertiary/aromatic N) is 1. The lowest BCUT2D eigenvalue weighted by Crippen LogP contribution is -2.24. The SMILES string of the molecule is Cc1cnc(CNS(=O)(=O)c2ccc(F)c(C(N)=S)c2)s1. The van der Waals surface area contributed by atoms with E-state index < -0.39 is 15.8 Å². The molecule has 0 bridgehead atoms. The highest BCUT2D eigenvalue weighted by molar-refractivity contribution is 7.89. The molecule has 9 heteroatoms. The van der Waals surface area contributed by atoms with E-state index in [1.807, 2.05) is 6.92 Å². The predicted molar refractivity (Wildman–Crippen MR) is 83.2 cm³/mol. The summed E-state index contributed by atoms with van der Waals surface area (Å²) in [7, 11) is -3.79. The average Bonchev–Trinajstić information content (AvgIpc) is 2.82. The molecule has 0 radical (unpaired) electrons. The first kappa shape index (κ1) is 16.0. The van der Waals surface area contributed by atoms with Gasteiger partial charge in [0.1, 0.15) is 15.8 Å². The Labute approximate surface area is 131 Å². The molecule has 0 aliphatic rings. The molecule has 0 saturated heterocycles. The van der Waals surface area contributed by atoms with Crippen LogP contribution in [0.1, 0.15) is 15.4 Å². The smallest absolute Gasteiger partial charge is 0.240 e. The van der Waals surface area contributed by atoms with E-state index in [1.165, 1.54) is 11.3 Å². The van der Waals surface area contributed by atoms with Crippen LogP contribution in [0.5, 0.6) is 0 Å². The van der Waals surface area contributed by atoms with Crippen molar-refractivity contribution in [1.82, 2.24) is 9.71 Å². The Morgan fingerprint density at radius 1 is 1.52 bits per heavy atom. The van der Waals surface area contributed by atoms with Crippen molar-refractivity contribution in [1.29, 1.82) is 0 Å². The van der Waals surface area contributed by atoms with E-state index in [1.54, 1.807) is 6.20 Å². The van der Waals surface area contributed by atoms with Crippen molar-refractivity contribution in [3.05, 3.63) is 45.7 Å². The van der Waals surface area contributed by atoms with Gasteiger partial charge in [-0.3, -0.25) is 0 Å². The molecule has 1 aromatic heterocycles. The van der Waals surface area contributed by atoms with Crippen LogP contribution in [0.3, 0.4) is 0 Å². The molecule has 0 amide bonds. The summed E-state index contributed by atoms with van der Waals surface area (Å²) in [6, 6.07) is 3.30. The summed E-state index contributed by atoms with van der Waals surface area (Å²) in [5.41, 5.74) is 5.26. The highest BCUT2D eigenvalue weighted by atomic mass is 32.2. The monoisotopic (exact) mass is 345 g/mol. The minimum Gasteiger partial charge on any atom is -0.389 e. The van der Waals surface area contributed by atoms with Crippen LogP contribution in [0, 0.1) is 12.7 Å². The molecule has 1 heterocycles. The second-order valence-electron chi connectivity index (χ2n) is 4.20. The van der Waals surface area contributed by atoms with Gasteiger partial charge in [0.2, 0.25) is 10.0 Å². The number of nitrogens with one attached hydrogen (secondary N) is 1. The molecule has 0 spiro atoms. The van der Waals surface area contributed by atoms with Gasteiger partial charge in [0.15, 0.2) is 0 Å². The zero-order valence-corrected chi connectivity index (χ0v) is 13.4. The van der Waals surface area contributed by atoms with Crippen LogP contribution in [0.15, 0.2) is 29.3 Å². The van der Waals surface area contributed by atoms with E-state index in [2.05, 4.69) is 9.71 Å². The summed E-state index contributed by atoms with van der Waals surface area (Å²) >= 11 is 6.09. The number of hydrogen-bond donors (Lipinski definition) is 2. The summed E-state index contributed by atoms with van der Waals surface area (Å²) in [4.78, 5) is 4.76. The summed E-state index contributed by atoms with van der Waals surface area (Å²) in [5, 5.41) is 0.646. The molecule has 2 rings (SSSR count). The van der Waals surface area contributed by atoms with Crippen LogP contribution in [-0.2, 0) is 16.6 Å². The molecule has 0 unspecified atom stereocenters. The largest absolute Gasteiger partial charge is 0.389 e. The number of aromatic nitrogens is 1. The zero-order chi connectivity index (χ0) is 15.6. The third-order valence-electron chi connectivity index (χ3n) is 2.60. The van der Waals surface area contributed by atoms with Crippen LogP contribution >= 0.6 is 23.6 Å². The van der Waals surface area contributed by atoms with Gasteiger partial charge in [-0.2, -0.15) is 0 Å². The molecule has 0 aliphatic heterocycles. The molecule has 1 aromatic carbocycles. The standard InChI is InChI=1S/C12H12FN3O2S3/c1-7-5-15-11(20-7)6-16-21(17,18)8-2-3-10(13)9(4-8)12(14)19/h2-5,16H,6H2,1H3,(H2,14,19). The molecule has 0 saturated carbocycles. The molecule has 0 atom stereocenters. The summed E-state index contributed by atoms with van der Waals surface area (Å²) < 4.78 is 40.2. The normalized spacial score (nSPS) is 11.5. The van der Waals surface area contributed by atoms with Crippen molar-refractivity contribution < 1.29 is 12.8 Å². The van der Waals surface area contributed by atoms with Crippen molar-refractivity contribution in [3.8, 4) is 0 Å².